The normalized spacial score (nSPS) is 11.6. The number of nitrogens with one attached hydrogen (secondary N) is 2. The van der Waals surface area contributed by atoms with Crippen LogP contribution in [-0.4, -0.2) is 52.9 Å². The van der Waals surface area contributed by atoms with Crippen molar-refractivity contribution in [2.24, 2.45) is 0 Å². The molecule has 1 amide bonds. The minimum atomic E-state index is -3.30. The molecule has 1 rings (SSSR count). The molecular formula is C15H24N2O4S. The first kappa shape index (κ1) is 18.6. The predicted octanol–water partition coefficient (Wildman–Crippen LogP) is 0.835. The molecule has 0 radical (unpaired) electrons. The van der Waals surface area contributed by atoms with Crippen LogP contribution in [0.3, 0.4) is 0 Å². The largest absolute Gasteiger partial charge is 0.383 e. The van der Waals surface area contributed by atoms with E-state index >= 15 is 0 Å². The van der Waals surface area contributed by atoms with E-state index in [1.807, 2.05) is 0 Å². The van der Waals surface area contributed by atoms with Crippen LogP contribution in [0.5, 0.6) is 0 Å². The molecule has 1 aromatic rings. The van der Waals surface area contributed by atoms with Crippen molar-refractivity contribution in [3.8, 4) is 0 Å². The van der Waals surface area contributed by atoms with Crippen molar-refractivity contribution in [3.05, 3.63) is 29.8 Å². The van der Waals surface area contributed by atoms with Gasteiger partial charge in [-0.25, -0.2) is 8.42 Å². The first-order valence-corrected chi connectivity index (χ1v) is 8.76. The lowest BCUT2D eigenvalue weighted by Gasteiger charge is -2.09. The number of carbonyl (C=O) groups excluding carboxylic acids is 1. The molecule has 6 nitrogen and oxygen atoms in total. The highest BCUT2D eigenvalue weighted by atomic mass is 32.2. The maximum atomic E-state index is 12.0. The fourth-order valence-electron chi connectivity index (χ4n) is 1.73. The van der Waals surface area contributed by atoms with Gasteiger partial charge in [0.15, 0.2) is 9.84 Å². The predicted molar refractivity (Wildman–Crippen MR) is 85.8 cm³/mol. The second-order valence-electron chi connectivity index (χ2n) is 5.12. The van der Waals surface area contributed by atoms with Crippen LogP contribution >= 0.6 is 0 Å². The minimum absolute atomic E-state index is 0.220. The van der Waals surface area contributed by atoms with Crippen LogP contribution in [0.15, 0.2) is 29.2 Å². The van der Waals surface area contributed by atoms with Gasteiger partial charge >= 0.3 is 0 Å². The van der Waals surface area contributed by atoms with Crippen LogP contribution in [0.2, 0.25) is 0 Å². The van der Waals surface area contributed by atoms with Crippen molar-refractivity contribution >= 4 is 15.7 Å². The van der Waals surface area contributed by atoms with E-state index in [9.17, 15) is 13.2 Å². The number of hydrogen-bond donors (Lipinski definition) is 2. The van der Waals surface area contributed by atoms with E-state index in [0.29, 0.717) is 25.3 Å². The Morgan fingerprint density at radius 3 is 2.32 bits per heavy atom. The van der Waals surface area contributed by atoms with Crippen molar-refractivity contribution in [1.29, 1.82) is 0 Å². The average Bonchev–Trinajstić information content (AvgIpc) is 2.50. The first-order chi connectivity index (χ1) is 10.4. The van der Waals surface area contributed by atoms with E-state index in [4.69, 9.17) is 4.74 Å². The van der Waals surface area contributed by atoms with Gasteiger partial charge in [0.1, 0.15) is 0 Å². The van der Waals surface area contributed by atoms with Crippen molar-refractivity contribution in [3.63, 3.8) is 0 Å². The number of methoxy groups -OCH3 is 1. The maximum Gasteiger partial charge on any atom is 0.251 e. The fourth-order valence-corrected chi connectivity index (χ4v) is 2.79. The zero-order valence-corrected chi connectivity index (χ0v) is 14.1. The number of sulfone groups is 1. The van der Waals surface area contributed by atoms with Gasteiger partial charge in [-0.1, -0.05) is 0 Å². The van der Waals surface area contributed by atoms with Crippen molar-refractivity contribution < 1.29 is 17.9 Å². The van der Waals surface area contributed by atoms with Gasteiger partial charge in [-0.2, -0.15) is 0 Å². The molecule has 0 heterocycles. The van der Waals surface area contributed by atoms with Gasteiger partial charge in [0.05, 0.1) is 16.8 Å². The van der Waals surface area contributed by atoms with Gasteiger partial charge in [0, 0.05) is 32.3 Å². The van der Waals surface area contributed by atoms with E-state index in [1.54, 1.807) is 21.0 Å². The van der Waals surface area contributed by atoms with E-state index < -0.39 is 15.1 Å². The van der Waals surface area contributed by atoms with Gasteiger partial charge < -0.3 is 15.4 Å². The fraction of sp³-hybridized carbons (Fsp3) is 0.533. The second kappa shape index (κ2) is 8.87. The Bertz CT molecular complexity index is 568. The van der Waals surface area contributed by atoms with E-state index in [2.05, 4.69) is 10.6 Å². The lowest BCUT2D eigenvalue weighted by molar-refractivity contribution is 0.0953. The molecular weight excluding hydrogens is 304 g/mol. The van der Waals surface area contributed by atoms with Gasteiger partial charge in [-0.3, -0.25) is 4.79 Å². The molecule has 0 aliphatic rings. The third-order valence-electron chi connectivity index (χ3n) is 3.14. The highest BCUT2D eigenvalue weighted by molar-refractivity contribution is 7.92. The zero-order chi connectivity index (χ0) is 16.6. The summed E-state index contributed by atoms with van der Waals surface area (Å²) in [4.78, 5) is 12.2. The molecule has 0 aliphatic carbocycles. The highest BCUT2D eigenvalue weighted by Gasteiger charge is 2.19. The molecule has 2 N–H and O–H groups in total. The van der Waals surface area contributed by atoms with Crippen LogP contribution in [-0.2, 0) is 14.6 Å². The first-order valence-electron chi connectivity index (χ1n) is 7.21. The topological polar surface area (TPSA) is 84.5 Å². The molecule has 0 saturated carbocycles. The monoisotopic (exact) mass is 328 g/mol. The van der Waals surface area contributed by atoms with Crippen molar-refractivity contribution in [2.75, 3.05) is 33.4 Å². The standard InChI is InChI=1S/C15H24N2O4S/c1-12(2)22(19,20)14-6-4-13(5-7-14)15(18)17-9-8-16-10-11-21-3/h4-7,12,16H,8-11H2,1-3H3,(H,17,18). The van der Waals surface area contributed by atoms with E-state index in [0.717, 1.165) is 6.54 Å². The summed E-state index contributed by atoms with van der Waals surface area (Å²) in [5.41, 5.74) is 0.444. The Balaban J connectivity index is 2.51. The highest BCUT2D eigenvalue weighted by Crippen LogP contribution is 2.16. The van der Waals surface area contributed by atoms with Gasteiger partial charge in [-0.15, -0.1) is 0 Å². The molecule has 0 bridgehead atoms. The number of amides is 1. The van der Waals surface area contributed by atoms with Crippen molar-refractivity contribution in [1.82, 2.24) is 10.6 Å². The summed E-state index contributed by atoms with van der Waals surface area (Å²) < 4.78 is 28.9. The number of carbonyl (C=O) groups is 1. The summed E-state index contributed by atoms with van der Waals surface area (Å²) in [7, 11) is -1.67. The maximum absolute atomic E-state index is 12.0. The van der Waals surface area contributed by atoms with Crippen LogP contribution < -0.4 is 10.6 Å². The third-order valence-corrected chi connectivity index (χ3v) is 5.31. The molecule has 1 aromatic carbocycles. The summed E-state index contributed by atoms with van der Waals surface area (Å²) in [6.07, 6.45) is 0. The molecule has 0 atom stereocenters. The molecule has 22 heavy (non-hydrogen) atoms. The smallest absolute Gasteiger partial charge is 0.251 e. The SMILES string of the molecule is COCCNCCNC(=O)c1ccc(S(=O)(=O)C(C)C)cc1. The van der Waals surface area contributed by atoms with E-state index in [1.165, 1.54) is 24.3 Å². The molecule has 7 heteroatoms. The summed E-state index contributed by atoms with van der Waals surface area (Å²) >= 11 is 0. The van der Waals surface area contributed by atoms with Gasteiger partial charge in [0.2, 0.25) is 0 Å². The molecule has 124 valence electrons. The summed E-state index contributed by atoms with van der Waals surface area (Å²) in [6.45, 7) is 5.76. The molecule has 0 unspecified atom stereocenters. The Kier molecular flexibility index (Phi) is 7.50. The molecule has 0 saturated heterocycles. The summed E-state index contributed by atoms with van der Waals surface area (Å²) in [5.74, 6) is -0.220. The number of ether oxygens (including phenoxy) is 1. The summed E-state index contributed by atoms with van der Waals surface area (Å²) in [6, 6.07) is 6.01. The lowest BCUT2D eigenvalue weighted by Crippen LogP contribution is -2.33. The molecule has 0 aromatic heterocycles. The van der Waals surface area contributed by atoms with Crippen LogP contribution in [0, 0.1) is 0 Å². The molecule has 0 fully saturated rings. The number of benzene rings is 1. The third kappa shape index (κ3) is 5.40. The van der Waals surface area contributed by atoms with Gasteiger partial charge in [0.25, 0.3) is 5.91 Å². The number of hydrogen-bond acceptors (Lipinski definition) is 5. The number of rotatable bonds is 9. The van der Waals surface area contributed by atoms with Crippen LogP contribution in [0.25, 0.3) is 0 Å². The Labute approximate surface area is 132 Å². The van der Waals surface area contributed by atoms with E-state index in [-0.39, 0.29) is 10.8 Å². The zero-order valence-electron chi connectivity index (χ0n) is 13.3. The minimum Gasteiger partial charge on any atom is -0.383 e. The van der Waals surface area contributed by atoms with Gasteiger partial charge in [-0.05, 0) is 38.1 Å². The lowest BCUT2D eigenvalue weighted by atomic mass is 10.2. The van der Waals surface area contributed by atoms with Crippen LogP contribution in [0.1, 0.15) is 24.2 Å². The Morgan fingerprint density at radius 1 is 1.14 bits per heavy atom. The quantitative estimate of drug-likeness (QED) is 0.656. The second-order valence-corrected chi connectivity index (χ2v) is 7.62. The van der Waals surface area contributed by atoms with Crippen molar-refractivity contribution in [2.45, 2.75) is 24.0 Å². The molecule has 0 aliphatic heterocycles. The molecule has 0 spiro atoms. The average molecular weight is 328 g/mol. The van der Waals surface area contributed by atoms with Crippen LogP contribution in [0.4, 0.5) is 0 Å². The Morgan fingerprint density at radius 2 is 1.77 bits per heavy atom. The Hall–Kier alpha value is -1.44. The summed E-state index contributed by atoms with van der Waals surface area (Å²) in [5, 5.41) is 5.40.